The number of piperidine rings is 1. The minimum atomic E-state index is -0.115. The van der Waals surface area contributed by atoms with Crippen LogP contribution in [0.2, 0.25) is 0 Å². The van der Waals surface area contributed by atoms with Crippen molar-refractivity contribution in [2.45, 2.75) is 24.7 Å². The first-order valence-corrected chi connectivity index (χ1v) is 9.24. The van der Waals surface area contributed by atoms with Crippen LogP contribution in [0, 0.1) is 5.92 Å². The van der Waals surface area contributed by atoms with E-state index in [1.165, 1.54) is 11.1 Å². The van der Waals surface area contributed by atoms with E-state index in [0.29, 0.717) is 12.3 Å². The van der Waals surface area contributed by atoms with Gasteiger partial charge in [0, 0.05) is 37.5 Å². The van der Waals surface area contributed by atoms with Crippen molar-refractivity contribution in [1.29, 1.82) is 0 Å². The van der Waals surface area contributed by atoms with E-state index in [-0.39, 0.29) is 11.3 Å². The van der Waals surface area contributed by atoms with Gasteiger partial charge in [-0.2, -0.15) is 0 Å². The van der Waals surface area contributed by atoms with Crippen molar-refractivity contribution in [3.05, 3.63) is 71.8 Å². The lowest BCUT2D eigenvalue weighted by molar-refractivity contribution is -0.135. The van der Waals surface area contributed by atoms with Crippen LogP contribution in [0.5, 0.6) is 0 Å². The van der Waals surface area contributed by atoms with Crippen LogP contribution in [-0.4, -0.2) is 37.1 Å². The Labute approximate surface area is 149 Å². The molecule has 0 radical (unpaired) electrons. The molecule has 2 saturated heterocycles. The second kappa shape index (κ2) is 7.01. The van der Waals surface area contributed by atoms with Crippen LogP contribution >= 0.6 is 0 Å². The predicted octanol–water partition coefficient (Wildman–Crippen LogP) is 3.63. The van der Waals surface area contributed by atoms with E-state index in [4.69, 9.17) is 4.74 Å². The van der Waals surface area contributed by atoms with Gasteiger partial charge in [0.1, 0.15) is 0 Å². The summed E-state index contributed by atoms with van der Waals surface area (Å²) in [5.74, 6) is 0.765. The summed E-state index contributed by atoms with van der Waals surface area (Å²) in [7, 11) is 0. The third kappa shape index (κ3) is 3.21. The highest BCUT2D eigenvalue weighted by molar-refractivity contribution is 5.78. The molecule has 0 unspecified atom stereocenters. The molecule has 130 valence electrons. The number of hydrogen-bond acceptors (Lipinski definition) is 2. The Balaban J connectivity index is 1.69. The highest BCUT2D eigenvalue weighted by Crippen LogP contribution is 2.41. The highest BCUT2D eigenvalue weighted by atomic mass is 16.5. The molecule has 0 N–H and O–H groups in total. The summed E-state index contributed by atoms with van der Waals surface area (Å²) in [4.78, 5) is 14.7. The quantitative estimate of drug-likeness (QED) is 0.854. The largest absolute Gasteiger partial charge is 0.381 e. The molecule has 0 aromatic heterocycles. The van der Waals surface area contributed by atoms with Crippen molar-refractivity contribution < 1.29 is 9.53 Å². The van der Waals surface area contributed by atoms with Crippen LogP contribution in [0.4, 0.5) is 0 Å². The van der Waals surface area contributed by atoms with Crippen LogP contribution < -0.4 is 0 Å². The fraction of sp³-hybridized carbons (Fsp3) is 0.409. The topological polar surface area (TPSA) is 29.5 Å². The molecule has 2 fully saturated rings. The van der Waals surface area contributed by atoms with Gasteiger partial charge in [-0.05, 0) is 24.0 Å². The van der Waals surface area contributed by atoms with Gasteiger partial charge in [0.2, 0.25) is 5.91 Å². The second-order valence-corrected chi connectivity index (χ2v) is 7.32. The molecular weight excluding hydrogens is 310 g/mol. The number of carbonyl (C=O) groups is 1. The Bertz CT molecular complexity index is 668. The lowest BCUT2D eigenvalue weighted by Crippen LogP contribution is -2.51. The van der Waals surface area contributed by atoms with Crippen LogP contribution in [-0.2, 0) is 14.9 Å². The Kier molecular flexibility index (Phi) is 4.58. The van der Waals surface area contributed by atoms with Gasteiger partial charge >= 0.3 is 0 Å². The van der Waals surface area contributed by atoms with Gasteiger partial charge in [-0.3, -0.25) is 4.79 Å². The molecule has 2 aliphatic heterocycles. The molecule has 1 atom stereocenters. The van der Waals surface area contributed by atoms with E-state index < -0.39 is 0 Å². The zero-order chi connectivity index (χ0) is 17.1. The Morgan fingerprint density at radius 1 is 1.00 bits per heavy atom. The standard InChI is InChI=1S/C22H25NO2/c24-21-11-13-22(19-7-3-1-4-8-19,20-9-5-2-6-10-20)17-23(21)15-18-12-14-25-16-18/h1-10,18H,11-17H2/t18-/m0/s1. The SMILES string of the molecule is O=C1CCC(c2ccccc2)(c2ccccc2)CN1C[C@@H]1CCOC1. The molecule has 25 heavy (non-hydrogen) atoms. The summed E-state index contributed by atoms with van der Waals surface area (Å²) < 4.78 is 5.52. The van der Waals surface area contributed by atoms with Crippen LogP contribution in [0.15, 0.2) is 60.7 Å². The maximum atomic E-state index is 12.6. The van der Waals surface area contributed by atoms with E-state index in [2.05, 4.69) is 65.6 Å². The van der Waals surface area contributed by atoms with Crippen molar-refractivity contribution in [3.63, 3.8) is 0 Å². The third-order valence-electron chi connectivity index (χ3n) is 5.73. The first kappa shape index (κ1) is 16.3. The number of rotatable bonds is 4. The van der Waals surface area contributed by atoms with Crippen molar-refractivity contribution in [3.8, 4) is 0 Å². The van der Waals surface area contributed by atoms with E-state index in [1.54, 1.807) is 0 Å². The highest BCUT2D eigenvalue weighted by Gasteiger charge is 2.42. The van der Waals surface area contributed by atoms with Gasteiger partial charge in [-0.1, -0.05) is 60.7 Å². The van der Waals surface area contributed by atoms with Crippen molar-refractivity contribution in [2.75, 3.05) is 26.3 Å². The molecular formula is C22H25NO2. The van der Waals surface area contributed by atoms with Crippen molar-refractivity contribution in [1.82, 2.24) is 4.90 Å². The lowest BCUT2D eigenvalue weighted by Gasteiger charge is -2.44. The molecule has 0 bridgehead atoms. The van der Waals surface area contributed by atoms with Gasteiger partial charge in [0.25, 0.3) is 0 Å². The third-order valence-corrected chi connectivity index (χ3v) is 5.73. The Hall–Kier alpha value is -2.13. The molecule has 0 spiro atoms. The molecule has 0 aliphatic carbocycles. The smallest absolute Gasteiger partial charge is 0.222 e. The first-order chi connectivity index (χ1) is 12.3. The number of carbonyl (C=O) groups excluding carboxylic acids is 1. The number of amides is 1. The first-order valence-electron chi connectivity index (χ1n) is 9.24. The zero-order valence-electron chi connectivity index (χ0n) is 14.6. The van der Waals surface area contributed by atoms with Crippen LogP contribution in [0.1, 0.15) is 30.4 Å². The van der Waals surface area contributed by atoms with Gasteiger partial charge in [0.05, 0.1) is 6.61 Å². The number of likely N-dealkylation sites (tertiary alicyclic amines) is 1. The molecule has 4 rings (SSSR count). The number of nitrogens with zero attached hydrogens (tertiary/aromatic N) is 1. The van der Waals surface area contributed by atoms with Crippen LogP contribution in [0.25, 0.3) is 0 Å². The summed E-state index contributed by atoms with van der Waals surface area (Å²) in [6.45, 7) is 3.19. The van der Waals surface area contributed by atoms with Crippen molar-refractivity contribution >= 4 is 5.91 Å². The lowest BCUT2D eigenvalue weighted by atomic mass is 9.69. The monoisotopic (exact) mass is 335 g/mol. The minimum absolute atomic E-state index is 0.115. The van der Waals surface area contributed by atoms with E-state index >= 15 is 0 Å². The summed E-state index contributed by atoms with van der Waals surface area (Å²) in [6.07, 6.45) is 2.54. The van der Waals surface area contributed by atoms with E-state index in [9.17, 15) is 4.79 Å². The van der Waals surface area contributed by atoms with Gasteiger partial charge in [0.15, 0.2) is 0 Å². The maximum Gasteiger partial charge on any atom is 0.222 e. The number of benzene rings is 2. The molecule has 1 amide bonds. The van der Waals surface area contributed by atoms with Crippen LogP contribution in [0.3, 0.4) is 0 Å². The van der Waals surface area contributed by atoms with Gasteiger partial charge in [-0.15, -0.1) is 0 Å². The minimum Gasteiger partial charge on any atom is -0.381 e. The fourth-order valence-electron chi connectivity index (χ4n) is 4.33. The summed E-state index contributed by atoms with van der Waals surface area (Å²) >= 11 is 0. The summed E-state index contributed by atoms with van der Waals surface area (Å²) in [5, 5.41) is 0. The molecule has 2 heterocycles. The maximum absolute atomic E-state index is 12.6. The second-order valence-electron chi connectivity index (χ2n) is 7.32. The average molecular weight is 335 g/mol. The van der Waals surface area contributed by atoms with Gasteiger partial charge < -0.3 is 9.64 Å². The molecule has 0 saturated carbocycles. The van der Waals surface area contributed by atoms with Crippen molar-refractivity contribution in [2.24, 2.45) is 5.92 Å². The molecule has 2 aromatic carbocycles. The Morgan fingerprint density at radius 3 is 2.20 bits per heavy atom. The summed E-state index contributed by atoms with van der Waals surface area (Å²) in [6, 6.07) is 21.4. The Morgan fingerprint density at radius 2 is 1.64 bits per heavy atom. The normalized spacial score (nSPS) is 23.0. The predicted molar refractivity (Wildman–Crippen MR) is 98.4 cm³/mol. The number of ether oxygens (including phenoxy) is 1. The summed E-state index contributed by atoms with van der Waals surface area (Å²) in [5.41, 5.74) is 2.50. The van der Waals surface area contributed by atoms with E-state index in [1.807, 2.05) is 0 Å². The number of hydrogen-bond donors (Lipinski definition) is 0. The zero-order valence-corrected chi connectivity index (χ0v) is 14.6. The molecule has 2 aromatic rings. The fourth-order valence-corrected chi connectivity index (χ4v) is 4.33. The van der Waals surface area contributed by atoms with Gasteiger partial charge in [-0.25, -0.2) is 0 Å². The molecule has 3 nitrogen and oxygen atoms in total. The van der Waals surface area contributed by atoms with E-state index in [0.717, 1.165) is 39.1 Å². The molecule has 2 aliphatic rings. The average Bonchev–Trinajstić information content (AvgIpc) is 3.18. The molecule has 3 heteroatoms.